The third kappa shape index (κ3) is 6.30. The van der Waals surface area contributed by atoms with Crippen molar-refractivity contribution in [3.8, 4) is 11.5 Å². The third-order valence-electron chi connectivity index (χ3n) is 4.26. The Morgan fingerprint density at radius 2 is 1.11 bits per heavy atom. The number of aryl methyl sites for hydroxylation is 2. The number of carbonyl (C=O) groups is 2. The standard InChI is InChI=1S/C22H28N2O4/c1-15-9-5-7-11-19(15)27-17(3)21(25)23-13-14-24-22(26)18(4)28-20-12-8-6-10-16(20)2/h5-12,17-18H,13-14H2,1-4H3,(H,23,25)(H,24,26)/t17-,18-/m1/s1. The first-order valence-electron chi connectivity index (χ1n) is 9.38. The number of nitrogens with one attached hydrogen (secondary N) is 2. The van der Waals surface area contributed by atoms with Crippen molar-refractivity contribution < 1.29 is 19.1 Å². The second-order valence-electron chi connectivity index (χ2n) is 6.63. The van der Waals surface area contributed by atoms with Gasteiger partial charge in [-0.05, 0) is 51.0 Å². The highest BCUT2D eigenvalue weighted by molar-refractivity contribution is 5.82. The van der Waals surface area contributed by atoms with Gasteiger partial charge in [-0.1, -0.05) is 36.4 Å². The Morgan fingerprint density at radius 3 is 1.46 bits per heavy atom. The molecule has 2 aromatic rings. The normalized spacial score (nSPS) is 12.6. The number of para-hydroxylation sites is 2. The minimum atomic E-state index is -0.625. The Kier molecular flexibility index (Phi) is 7.87. The zero-order valence-corrected chi connectivity index (χ0v) is 16.8. The van der Waals surface area contributed by atoms with E-state index >= 15 is 0 Å². The first-order valence-corrected chi connectivity index (χ1v) is 9.38. The molecule has 0 saturated carbocycles. The first kappa shape index (κ1) is 21.3. The Bertz CT molecular complexity index is 739. The van der Waals surface area contributed by atoms with E-state index in [1.54, 1.807) is 13.8 Å². The molecule has 0 aliphatic carbocycles. The van der Waals surface area contributed by atoms with Crippen LogP contribution in [0.3, 0.4) is 0 Å². The second-order valence-corrected chi connectivity index (χ2v) is 6.63. The van der Waals surface area contributed by atoms with Crippen LogP contribution in [0.25, 0.3) is 0 Å². The van der Waals surface area contributed by atoms with Gasteiger partial charge in [0, 0.05) is 13.1 Å². The van der Waals surface area contributed by atoms with Crippen LogP contribution >= 0.6 is 0 Å². The molecule has 0 heterocycles. The summed E-state index contributed by atoms with van der Waals surface area (Å²) in [6.45, 7) is 7.86. The molecule has 0 fully saturated rings. The van der Waals surface area contributed by atoms with Gasteiger partial charge in [-0.15, -0.1) is 0 Å². The molecule has 150 valence electrons. The molecule has 6 nitrogen and oxygen atoms in total. The number of amides is 2. The molecule has 0 aliphatic heterocycles. The van der Waals surface area contributed by atoms with Crippen LogP contribution in [0.2, 0.25) is 0 Å². The van der Waals surface area contributed by atoms with Crippen LogP contribution < -0.4 is 20.1 Å². The molecule has 0 unspecified atom stereocenters. The molecule has 6 heteroatoms. The summed E-state index contributed by atoms with van der Waals surface area (Å²) in [5, 5.41) is 5.51. The van der Waals surface area contributed by atoms with E-state index in [4.69, 9.17) is 9.47 Å². The maximum absolute atomic E-state index is 12.1. The number of hydrogen-bond donors (Lipinski definition) is 2. The molecule has 0 saturated heterocycles. The second kappa shape index (κ2) is 10.3. The highest BCUT2D eigenvalue weighted by Gasteiger charge is 2.17. The molecule has 0 bridgehead atoms. The number of hydrogen-bond acceptors (Lipinski definition) is 4. The Hall–Kier alpha value is -3.02. The highest BCUT2D eigenvalue weighted by Crippen LogP contribution is 2.18. The lowest BCUT2D eigenvalue weighted by Crippen LogP contribution is -2.43. The Balaban J connectivity index is 1.69. The van der Waals surface area contributed by atoms with Gasteiger partial charge < -0.3 is 20.1 Å². The van der Waals surface area contributed by atoms with Gasteiger partial charge >= 0.3 is 0 Å². The van der Waals surface area contributed by atoms with E-state index in [-0.39, 0.29) is 11.8 Å². The fraction of sp³-hybridized carbons (Fsp3) is 0.364. The summed E-state index contributed by atoms with van der Waals surface area (Å²) >= 11 is 0. The molecule has 2 aromatic carbocycles. The first-order chi connectivity index (χ1) is 13.4. The summed E-state index contributed by atoms with van der Waals surface area (Å²) in [4.78, 5) is 24.3. The molecule has 0 aliphatic rings. The van der Waals surface area contributed by atoms with Crippen molar-refractivity contribution >= 4 is 11.8 Å². The lowest BCUT2D eigenvalue weighted by atomic mass is 10.2. The molecule has 28 heavy (non-hydrogen) atoms. The van der Waals surface area contributed by atoms with Gasteiger partial charge in [-0.2, -0.15) is 0 Å². The van der Waals surface area contributed by atoms with E-state index in [9.17, 15) is 9.59 Å². The van der Waals surface area contributed by atoms with Crippen molar-refractivity contribution in [2.45, 2.75) is 39.9 Å². The molecule has 2 amide bonds. The van der Waals surface area contributed by atoms with E-state index in [0.717, 1.165) is 11.1 Å². The van der Waals surface area contributed by atoms with Crippen molar-refractivity contribution in [1.82, 2.24) is 10.6 Å². The zero-order valence-electron chi connectivity index (χ0n) is 16.8. The predicted molar refractivity (Wildman–Crippen MR) is 109 cm³/mol. The van der Waals surface area contributed by atoms with Gasteiger partial charge in [0.2, 0.25) is 0 Å². The van der Waals surface area contributed by atoms with Crippen LogP contribution in [0.5, 0.6) is 11.5 Å². The monoisotopic (exact) mass is 384 g/mol. The van der Waals surface area contributed by atoms with Gasteiger partial charge in [-0.3, -0.25) is 9.59 Å². The van der Waals surface area contributed by atoms with E-state index in [1.165, 1.54) is 0 Å². The summed E-state index contributed by atoms with van der Waals surface area (Å²) in [6.07, 6.45) is -1.25. The average molecular weight is 384 g/mol. The summed E-state index contributed by atoms with van der Waals surface area (Å²) in [7, 11) is 0. The SMILES string of the molecule is Cc1ccccc1O[C@H](C)C(=O)NCCNC(=O)[C@@H](C)Oc1ccccc1C. The van der Waals surface area contributed by atoms with E-state index in [2.05, 4.69) is 10.6 Å². The number of rotatable bonds is 9. The van der Waals surface area contributed by atoms with Crippen LogP contribution in [-0.2, 0) is 9.59 Å². The average Bonchev–Trinajstić information content (AvgIpc) is 2.68. The Labute approximate surface area is 166 Å². The molecule has 0 spiro atoms. The number of benzene rings is 2. The number of ether oxygens (including phenoxy) is 2. The van der Waals surface area contributed by atoms with Crippen molar-refractivity contribution in [3.05, 3.63) is 59.7 Å². The molecule has 2 N–H and O–H groups in total. The van der Waals surface area contributed by atoms with Crippen molar-refractivity contribution in [2.24, 2.45) is 0 Å². The minimum absolute atomic E-state index is 0.235. The van der Waals surface area contributed by atoms with E-state index < -0.39 is 12.2 Å². The number of carbonyl (C=O) groups excluding carboxylic acids is 2. The molecule has 0 aromatic heterocycles. The summed E-state index contributed by atoms with van der Waals surface area (Å²) in [5.74, 6) is 0.893. The molecular formula is C22H28N2O4. The van der Waals surface area contributed by atoms with Gasteiger partial charge in [0.1, 0.15) is 11.5 Å². The molecule has 0 radical (unpaired) electrons. The molecular weight excluding hydrogens is 356 g/mol. The van der Waals surface area contributed by atoms with Crippen LogP contribution in [0.1, 0.15) is 25.0 Å². The minimum Gasteiger partial charge on any atom is -0.481 e. The van der Waals surface area contributed by atoms with Crippen LogP contribution in [0, 0.1) is 13.8 Å². The fourth-order valence-electron chi connectivity index (χ4n) is 2.52. The summed E-state index contributed by atoms with van der Waals surface area (Å²) in [6, 6.07) is 15.1. The van der Waals surface area contributed by atoms with Gasteiger partial charge in [0.15, 0.2) is 12.2 Å². The van der Waals surface area contributed by atoms with E-state index in [1.807, 2.05) is 62.4 Å². The van der Waals surface area contributed by atoms with Gasteiger partial charge in [0.25, 0.3) is 11.8 Å². The quantitative estimate of drug-likeness (QED) is 0.652. The Morgan fingerprint density at radius 1 is 0.750 bits per heavy atom. The lowest BCUT2D eigenvalue weighted by molar-refractivity contribution is -0.129. The molecule has 2 atom stereocenters. The lowest BCUT2D eigenvalue weighted by Gasteiger charge is -2.17. The smallest absolute Gasteiger partial charge is 0.260 e. The zero-order chi connectivity index (χ0) is 20.5. The third-order valence-corrected chi connectivity index (χ3v) is 4.26. The van der Waals surface area contributed by atoms with Crippen LogP contribution in [0.4, 0.5) is 0 Å². The maximum atomic E-state index is 12.1. The fourth-order valence-corrected chi connectivity index (χ4v) is 2.52. The predicted octanol–water partition coefficient (Wildman–Crippen LogP) is 2.77. The highest BCUT2D eigenvalue weighted by atomic mass is 16.5. The van der Waals surface area contributed by atoms with Crippen molar-refractivity contribution in [1.29, 1.82) is 0 Å². The van der Waals surface area contributed by atoms with Crippen LogP contribution in [0.15, 0.2) is 48.5 Å². The molecule has 2 rings (SSSR count). The van der Waals surface area contributed by atoms with Crippen molar-refractivity contribution in [2.75, 3.05) is 13.1 Å². The maximum Gasteiger partial charge on any atom is 0.260 e. The van der Waals surface area contributed by atoms with Crippen LogP contribution in [-0.4, -0.2) is 37.1 Å². The topological polar surface area (TPSA) is 76.7 Å². The van der Waals surface area contributed by atoms with E-state index in [0.29, 0.717) is 24.6 Å². The van der Waals surface area contributed by atoms with Gasteiger partial charge in [-0.25, -0.2) is 0 Å². The summed E-state index contributed by atoms with van der Waals surface area (Å²) < 4.78 is 11.4. The van der Waals surface area contributed by atoms with Gasteiger partial charge in [0.05, 0.1) is 0 Å². The van der Waals surface area contributed by atoms with Crippen molar-refractivity contribution in [3.63, 3.8) is 0 Å². The largest absolute Gasteiger partial charge is 0.481 e. The summed E-state index contributed by atoms with van der Waals surface area (Å²) in [5.41, 5.74) is 1.94.